The number of hydrogen-bond acceptors (Lipinski definition) is 5. The predicted molar refractivity (Wildman–Crippen MR) is 76.2 cm³/mol. The van der Waals surface area contributed by atoms with Gasteiger partial charge in [0.25, 0.3) is 0 Å². The molecule has 0 spiro atoms. The molecule has 1 aliphatic rings. The summed E-state index contributed by atoms with van der Waals surface area (Å²) in [5, 5.41) is 4.97. The van der Waals surface area contributed by atoms with Crippen molar-refractivity contribution in [2.45, 2.75) is 6.42 Å². The lowest BCUT2D eigenvalue weighted by molar-refractivity contribution is -0.139. The highest BCUT2D eigenvalue weighted by atomic mass is 16.6. The van der Waals surface area contributed by atoms with Crippen LogP contribution in [0.25, 0.3) is 0 Å². The fourth-order valence-electron chi connectivity index (χ4n) is 1.91. The first-order valence-corrected chi connectivity index (χ1v) is 6.85. The van der Waals surface area contributed by atoms with Gasteiger partial charge in [-0.3, -0.25) is 9.59 Å². The molecule has 2 amide bonds. The zero-order chi connectivity index (χ0) is 15.1. The second kappa shape index (κ2) is 7.49. The average Bonchev–Trinajstić information content (AvgIpc) is 2.52. The van der Waals surface area contributed by atoms with Gasteiger partial charge in [-0.25, -0.2) is 0 Å². The molecule has 21 heavy (non-hydrogen) atoms. The molecule has 0 fully saturated rings. The molecule has 0 aromatic heterocycles. The zero-order valence-corrected chi connectivity index (χ0v) is 11.7. The molecular weight excluding hydrogens is 274 g/mol. The third-order valence-corrected chi connectivity index (χ3v) is 2.94. The lowest BCUT2D eigenvalue weighted by atomic mass is 10.1. The van der Waals surface area contributed by atoms with Gasteiger partial charge in [0.1, 0.15) is 13.2 Å². The van der Waals surface area contributed by atoms with Crippen molar-refractivity contribution in [3.63, 3.8) is 0 Å². The quantitative estimate of drug-likeness (QED) is 0.616. The SMILES string of the molecule is NCCNC(=O)C(=O)NCCc1ccc2c(c1)OCCO2. The van der Waals surface area contributed by atoms with E-state index in [4.69, 9.17) is 15.2 Å². The van der Waals surface area contributed by atoms with Gasteiger partial charge >= 0.3 is 11.8 Å². The number of fused-ring (bicyclic) bond motifs is 1. The van der Waals surface area contributed by atoms with Crippen LogP contribution in [-0.4, -0.2) is 44.7 Å². The standard InChI is InChI=1S/C14H19N3O4/c15-4-6-17-14(19)13(18)16-5-3-10-1-2-11-12(9-10)21-8-7-20-11/h1-2,9H,3-8,15H2,(H,16,18)(H,17,19). The number of nitrogens with two attached hydrogens (primary N) is 1. The Morgan fingerprint density at radius 3 is 2.43 bits per heavy atom. The maximum Gasteiger partial charge on any atom is 0.309 e. The van der Waals surface area contributed by atoms with E-state index in [9.17, 15) is 9.59 Å². The molecule has 2 rings (SSSR count). The second-order valence-corrected chi connectivity index (χ2v) is 4.53. The molecule has 114 valence electrons. The number of hydrogen-bond donors (Lipinski definition) is 3. The molecule has 1 heterocycles. The Kier molecular flexibility index (Phi) is 5.39. The lowest BCUT2D eigenvalue weighted by Gasteiger charge is -2.18. The first kappa shape index (κ1) is 15.1. The summed E-state index contributed by atoms with van der Waals surface area (Å²) in [5.41, 5.74) is 6.24. The topological polar surface area (TPSA) is 103 Å². The Morgan fingerprint density at radius 2 is 1.71 bits per heavy atom. The normalized spacial score (nSPS) is 12.6. The van der Waals surface area contributed by atoms with Crippen molar-refractivity contribution in [1.29, 1.82) is 0 Å². The Labute approximate surface area is 122 Å². The van der Waals surface area contributed by atoms with Crippen molar-refractivity contribution in [2.75, 3.05) is 32.8 Å². The number of carbonyl (C=O) groups is 2. The van der Waals surface area contributed by atoms with Crippen molar-refractivity contribution < 1.29 is 19.1 Å². The maximum atomic E-state index is 11.5. The summed E-state index contributed by atoms with van der Waals surface area (Å²) >= 11 is 0. The van der Waals surface area contributed by atoms with E-state index >= 15 is 0 Å². The number of carbonyl (C=O) groups excluding carboxylic acids is 2. The van der Waals surface area contributed by atoms with Gasteiger partial charge in [-0.1, -0.05) is 6.07 Å². The Hall–Kier alpha value is -2.28. The van der Waals surface area contributed by atoms with E-state index in [2.05, 4.69) is 10.6 Å². The molecule has 7 heteroatoms. The summed E-state index contributed by atoms with van der Waals surface area (Å²) in [6.45, 7) is 2.05. The van der Waals surface area contributed by atoms with E-state index in [0.29, 0.717) is 38.5 Å². The van der Waals surface area contributed by atoms with Crippen LogP contribution in [0.5, 0.6) is 11.5 Å². The van der Waals surface area contributed by atoms with Crippen molar-refractivity contribution in [1.82, 2.24) is 10.6 Å². The molecule has 1 aliphatic heterocycles. The maximum absolute atomic E-state index is 11.5. The van der Waals surface area contributed by atoms with Crippen LogP contribution in [-0.2, 0) is 16.0 Å². The minimum absolute atomic E-state index is 0.286. The molecule has 0 radical (unpaired) electrons. The first-order chi connectivity index (χ1) is 10.2. The van der Waals surface area contributed by atoms with Crippen LogP contribution in [0.15, 0.2) is 18.2 Å². The molecular formula is C14H19N3O4. The molecule has 1 aromatic rings. The van der Waals surface area contributed by atoms with Gasteiger partial charge in [-0.2, -0.15) is 0 Å². The Balaban J connectivity index is 1.78. The lowest BCUT2D eigenvalue weighted by Crippen LogP contribution is -2.42. The van der Waals surface area contributed by atoms with E-state index < -0.39 is 11.8 Å². The van der Waals surface area contributed by atoms with Gasteiger partial charge in [-0.05, 0) is 24.1 Å². The van der Waals surface area contributed by atoms with E-state index in [-0.39, 0.29) is 6.54 Å². The Bertz CT molecular complexity index is 519. The molecule has 0 aliphatic carbocycles. The van der Waals surface area contributed by atoms with Crippen molar-refractivity contribution >= 4 is 11.8 Å². The third-order valence-electron chi connectivity index (χ3n) is 2.94. The van der Waals surface area contributed by atoms with Gasteiger partial charge < -0.3 is 25.8 Å². The minimum Gasteiger partial charge on any atom is -0.486 e. The van der Waals surface area contributed by atoms with E-state index in [0.717, 1.165) is 11.3 Å². The van der Waals surface area contributed by atoms with Crippen LogP contribution in [0.3, 0.4) is 0 Å². The molecule has 0 saturated carbocycles. The number of nitrogens with one attached hydrogen (secondary N) is 2. The molecule has 0 unspecified atom stereocenters. The van der Waals surface area contributed by atoms with E-state index in [1.807, 2.05) is 18.2 Å². The van der Waals surface area contributed by atoms with Gasteiger partial charge in [0.05, 0.1) is 0 Å². The van der Waals surface area contributed by atoms with Gasteiger partial charge in [0, 0.05) is 19.6 Å². The van der Waals surface area contributed by atoms with Gasteiger partial charge in [0.15, 0.2) is 11.5 Å². The van der Waals surface area contributed by atoms with E-state index in [1.54, 1.807) is 0 Å². The number of rotatable bonds is 5. The summed E-state index contributed by atoms with van der Waals surface area (Å²) in [4.78, 5) is 22.8. The van der Waals surface area contributed by atoms with E-state index in [1.165, 1.54) is 0 Å². The van der Waals surface area contributed by atoms with Crippen LogP contribution in [0.1, 0.15) is 5.56 Å². The molecule has 1 aromatic carbocycles. The summed E-state index contributed by atoms with van der Waals surface area (Å²) in [6, 6.07) is 5.64. The van der Waals surface area contributed by atoms with Crippen molar-refractivity contribution in [2.24, 2.45) is 5.73 Å². The molecule has 7 nitrogen and oxygen atoms in total. The highest BCUT2D eigenvalue weighted by molar-refractivity contribution is 6.35. The zero-order valence-electron chi connectivity index (χ0n) is 11.7. The largest absolute Gasteiger partial charge is 0.486 e. The molecule has 0 saturated heterocycles. The number of amides is 2. The summed E-state index contributed by atoms with van der Waals surface area (Å²) in [7, 11) is 0. The van der Waals surface area contributed by atoms with Gasteiger partial charge in [0.2, 0.25) is 0 Å². The smallest absolute Gasteiger partial charge is 0.309 e. The molecule has 0 bridgehead atoms. The van der Waals surface area contributed by atoms with Gasteiger partial charge in [-0.15, -0.1) is 0 Å². The monoisotopic (exact) mass is 293 g/mol. The van der Waals surface area contributed by atoms with Crippen LogP contribution in [0.2, 0.25) is 0 Å². The van der Waals surface area contributed by atoms with Crippen LogP contribution >= 0.6 is 0 Å². The molecule has 4 N–H and O–H groups in total. The third kappa shape index (κ3) is 4.35. The highest BCUT2D eigenvalue weighted by Gasteiger charge is 2.13. The molecule has 0 atom stereocenters. The summed E-state index contributed by atoms with van der Waals surface area (Å²) in [5.74, 6) is 0.129. The summed E-state index contributed by atoms with van der Waals surface area (Å²) in [6.07, 6.45) is 0.604. The average molecular weight is 293 g/mol. The minimum atomic E-state index is -0.664. The number of benzene rings is 1. The first-order valence-electron chi connectivity index (χ1n) is 6.85. The summed E-state index contributed by atoms with van der Waals surface area (Å²) < 4.78 is 10.9. The highest BCUT2D eigenvalue weighted by Crippen LogP contribution is 2.30. The number of ether oxygens (including phenoxy) is 2. The van der Waals surface area contributed by atoms with Crippen LogP contribution in [0.4, 0.5) is 0 Å². The second-order valence-electron chi connectivity index (χ2n) is 4.53. The predicted octanol–water partition coefficient (Wildman–Crippen LogP) is -0.809. The fraction of sp³-hybridized carbons (Fsp3) is 0.429. The van der Waals surface area contributed by atoms with Crippen molar-refractivity contribution in [3.05, 3.63) is 23.8 Å². The Morgan fingerprint density at radius 1 is 1.05 bits per heavy atom. The van der Waals surface area contributed by atoms with Crippen LogP contribution < -0.4 is 25.8 Å². The fourth-order valence-corrected chi connectivity index (χ4v) is 1.91. The van der Waals surface area contributed by atoms with Crippen molar-refractivity contribution in [3.8, 4) is 11.5 Å². The van der Waals surface area contributed by atoms with Crippen LogP contribution in [0, 0.1) is 0 Å².